The highest BCUT2D eigenvalue weighted by molar-refractivity contribution is 5.73. The summed E-state index contributed by atoms with van der Waals surface area (Å²) in [7, 11) is 0. The van der Waals surface area contributed by atoms with Gasteiger partial charge in [-0.3, -0.25) is 4.90 Å². The maximum atomic E-state index is 12.3. The van der Waals surface area contributed by atoms with Crippen molar-refractivity contribution in [3.8, 4) is 0 Å². The first-order valence-electron chi connectivity index (χ1n) is 4.66. The van der Waals surface area contributed by atoms with E-state index in [1.165, 1.54) is 0 Å². The molecule has 0 rings (SSSR count). The number of nitrogens with two attached hydrogens (primary N) is 1. The van der Waals surface area contributed by atoms with Crippen LogP contribution < -0.4 is 5.73 Å². The third-order valence-corrected chi connectivity index (χ3v) is 2.05. The zero-order chi connectivity index (χ0) is 18.3. The normalized spacial score (nSPS) is 14.6. The van der Waals surface area contributed by atoms with E-state index in [1.54, 1.807) is 0 Å². The number of primary amides is 1. The second-order valence-electron chi connectivity index (χ2n) is 3.72. The predicted octanol–water partition coefficient (Wildman–Crippen LogP) is 3.35. The average molecular weight is 360 g/mol. The molecule has 0 heterocycles. The second-order valence-corrected chi connectivity index (χ2v) is 3.72. The average Bonchev–Trinajstić information content (AvgIpc) is 2.06. The van der Waals surface area contributed by atoms with Crippen molar-refractivity contribution in [2.45, 2.75) is 36.8 Å². The molecule has 0 bridgehead atoms. The van der Waals surface area contributed by atoms with Crippen molar-refractivity contribution in [1.29, 1.82) is 0 Å². The zero-order valence-corrected chi connectivity index (χ0v) is 9.62. The lowest BCUT2D eigenvalue weighted by molar-refractivity contribution is -0.330. The molecule has 0 saturated carbocycles. The topological polar surface area (TPSA) is 46.3 Å². The van der Waals surface area contributed by atoms with Gasteiger partial charge in [0.05, 0.1) is 0 Å². The monoisotopic (exact) mass is 360 g/mol. The van der Waals surface area contributed by atoms with E-state index in [-0.39, 0.29) is 0 Å². The van der Waals surface area contributed by atoms with Gasteiger partial charge >= 0.3 is 30.7 Å². The van der Waals surface area contributed by atoms with Gasteiger partial charge in [-0.05, 0) is 0 Å². The molecule has 0 aromatic rings. The summed E-state index contributed by atoms with van der Waals surface area (Å²) in [6.07, 6.45) is -26.7. The van der Waals surface area contributed by atoms with E-state index in [0.29, 0.717) is 0 Å². The Morgan fingerprint density at radius 2 is 0.818 bits per heavy atom. The van der Waals surface area contributed by atoms with Crippen LogP contribution in [-0.4, -0.2) is 47.7 Å². The summed E-state index contributed by atoms with van der Waals surface area (Å²) in [5, 5.41) is 0. The zero-order valence-electron chi connectivity index (χ0n) is 9.62. The molecule has 0 aliphatic carbocycles. The predicted molar refractivity (Wildman–Crippen MR) is 43.2 cm³/mol. The van der Waals surface area contributed by atoms with Crippen LogP contribution in [0.4, 0.5) is 57.5 Å². The number of amides is 2. The number of alkyl halides is 12. The molecule has 0 saturated heterocycles. The van der Waals surface area contributed by atoms with Crippen molar-refractivity contribution in [1.82, 2.24) is 4.90 Å². The fraction of sp³-hybridized carbons (Fsp3) is 0.857. The van der Waals surface area contributed by atoms with Gasteiger partial charge in [-0.1, -0.05) is 0 Å². The fourth-order valence-electron chi connectivity index (χ4n) is 1.41. The van der Waals surface area contributed by atoms with Crippen LogP contribution >= 0.6 is 0 Å². The minimum absolute atomic E-state index is 2.53. The lowest BCUT2D eigenvalue weighted by Crippen LogP contribution is -2.68. The highest BCUT2D eigenvalue weighted by Crippen LogP contribution is 2.44. The summed E-state index contributed by atoms with van der Waals surface area (Å²) in [5.74, 6) is 0. The number of hydrogen-bond acceptors (Lipinski definition) is 1. The number of rotatable bonds is 2. The molecule has 0 fully saturated rings. The first kappa shape index (κ1) is 20.4. The molecule has 0 spiro atoms. The van der Waals surface area contributed by atoms with Gasteiger partial charge in [-0.15, -0.1) is 0 Å². The fourth-order valence-corrected chi connectivity index (χ4v) is 1.41. The van der Waals surface area contributed by atoms with Gasteiger partial charge in [0.15, 0.2) is 0 Å². The van der Waals surface area contributed by atoms with Crippen molar-refractivity contribution >= 4 is 6.03 Å². The Kier molecular flexibility index (Phi) is 5.17. The van der Waals surface area contributed by atoms with Crippen molar-refractivity contribution in [3.63, 3.8) is 0 Å². The first-order chi connectivity index (χ1) is 9.31. The molecular formula is C7H4F12N2O. The van der Waals surface area contributed by atoms with E-state index in [0.717, 1.165) is 0 Å². The number of nitrogens with zero attached hydrogens (tertiary/aromatic N) is 1. The van der Waals surface area contributed by atoms with Crippen LogP contribution in [-0.2, 0) is 0 Å². The smallest absolute Gasteiger partial charge is 0.351 e. The number of hydrogen-bond donors (Lipinski definition) is 1. The van der Waals surface area contributed by atoms with Crippen LogP contribution in [0.3, 0.4) is 0 Å². The maximum Gasteiger partial charge on any atom is 0.417 e. The molecule has 0 aromatic heterocycles. The lowest BCUT2D eigenvalue weighted by atomic mass is 10.1. The van der Waals surface area contributed by atoms with Gasteiger partial charge in [0, 0.05) is 0 Å². The van der Waals surface area contributed by atoms with Crippen LogP contribution in [0.25, 0.3) is 0 Å². The van der Waals surface area contributed by atoms with E-state index in [2.05, 4.69) is 5.73 Å². The van der Waals surface area contributed by atoms with Crippen LogP contribution in [0.15, 0.2) is 0 Å². The van der Waals surface area contributed by atoms with Gasteiger partial charge in [0.1, 0.15) is 0 Å². The number of halogens is 12. The molecule has 0 aliphatic rings. The van der Waals surface area contributed by atoms with E-state index in [1.807, 2.05) is 0 Å². The molecule has 0 radical (unpaired) electrons. The molecule has 2 amide bonds. The van der Waals surface area contributed by atoms with Crippen molar-refractivity contribution in [2.24, 2.45) is 5.73 Å². The molecule has 132 valence electrons. The van der Waals surface area contributed by atoms with Gasteiger partial charge in [-0.2, -0.15) is 52.7 Å². The van der Waals surface area contributed by atoms with Gasteiger partial charge in [0.25, 0.3) is 0 Å². The minimum Gasteiger partial charge on any atom is -0.351 e. The highest BCUT2D eigenvalue weighted by atomic mass is 19.4. The molecule has 3 nitrogen and oxygen atoms in total. The lowest BCUT2D eigenvalue weighted by Gasteiger charge is -2.39. The van der Waals surface area contributed by atoms with Crippen LogP contribution in [0.2, 0.25) is 0 Å². The maximum absolute atomic E-state index is 12.3. The SMILES string of the molecule is NC(=O)N(C(C(F)(F)F)C(F)(F)F)C(C(F)(F)F)C(F)(F)F. The molecular weight excluding hydrogens is 356 g/mol. The van der Waals surface area contributed by atoms with Crippen LogP contribution in [0, 0.1) is 0 Å². The molecule has 22 heavy (non-hydrogen) atoms. The Labute approximate surface area is 112 Å². The van der Waals surface area contributed by atoms with E-state index >= 15 is 0 Å². The largest absolute Gasteiger partial charge is 0.417 e. The second kappa shape index (κ2) is 5.57. The standard InChI is InChI=1S/C7H4F12N2O/c8-4(9,10)1(5(11,12)13)21(3(20)22)2(6(14,15)16)7(17,18)19/h1-2H,(H2,20,22). The Morgan fingerprint density at radius 3 is 0.909 bits per heavy atom. The minimum atomic E-state index is -6.68. The summed E-state index contributed by atoms with van der Waals surface area (Å²) in [5.41, 5.74) is 3.91. The van der Waals surface area contributed by atoms with Gasteiger partial charge < -0.3 is 5.73 Å². The highest BCUT2D eigenvalue weighted by Gasteiger charge is 2.70. The van der Waals surface area contributed by atoms with E-state index < -0.39 is 47.7 Å². The molecule has 0 aliphatic heterocycles. The third-order valence-electron chi connectivity index (χ3n) is 2.05. The summed E-state index contributed by atoms with van der Waals surface area (Å²) in [4.78, 5) is 7.99. The summed E-state index contributed by atoms with van der Waals surface area (Å²) in [6.45, 7) is 0. The Balaban J connectivity index is 6.35. The van der Waals surface area contributed by atoms with Crippen LogP contribution in [0.1, 0.15) is 0 Å². The third kappa shape index (κ3) is 4.72. The van der Waals surface area contributed by atoms with E-state index in [4.69, 9.17) is 0 Å². The molecule has 2 N–H and O–H groups in total. The Bertz CT molecular complexity index is 344. The summed E-state index contributed by atoms with van der Waals surface area (Å²) < 4.78 is 147. The van der Waals surface area contributed by atoms with Crippen molar-refractivity contribution in [2.75, 3.05) is 0 Å². The number of carbonyl (C=O) groups excluding carboxylic acids is 1. The quantitative estimate of drug-likeness (QED) is 0.755. The Hall–Kier alpha value is -1.57. The van der Waals surface area contributed by atoms with Crippen molar-refractivity contribution in [3.05, 3.63) is 0 Å². The van der Waals surface area contributed by atoms with Crippen molar-refractivity contribution < 1.29 is 57.5 Å². The Morgan fingerprint density at radius 1 is 0.636 bits per heavy atom. The molecule has 0 atom stereocenters. The van der Waals surface area contributed by atoms with E-state index in [9.17, 15) is 57.5 Å². The number of urea groups is 1. The molecule has 0 aromatic carbocycles. The molecule has 0 unspecified atom stereocenters. The number of carbonyl (C=O) groups is 1. The first-order valence-corrected chi connectivity index (χ1v) is 4.66. The summed E-state index contributed by atoms with van der Waals surface area (Å²) >= 11 is 0. The van der Waals surface area contributed by atoms with Gasteiger partial charge in [-0.25, -0.2) is 4.79 Å². The summed E-state index contributed by atoms with van der Waals surface area (Å²) in [6, 6.07) is -14.0. The van der Waals surface area contributed by atoms with Gasteiger partial charge in [0.2, 0.25) is 12.1 Å². The molecule has 15 heteroatoms. The van der Waals surface area contributed by atoms with Crippen LogP contribution in [0.5, 0.6) is 0 Å².